The van der Waals surface area contributed by atoms with Gasteiger partial charge in [-0.3, -0.25) is 0 Å². The lowest BCUT2D eigenvalue weighted by Gasteiger charge is -2.16. The fourth-order valence-corrected chi connectivity index (χ4v) is 4.71. The minimum atomic E-state index is -3.33. The third-order valence-electron chi connectivity index (χ3n) is 2.96. The summed E-state index contributed by atoms with van der Waals surface area (Å²) in [5.41, 5.74) is 0. The molecule has 96 valence electrons. The molecule has 0 spiro atoms. The summed E-state index contributed by atoms with van der Waals surface area (Å²) in [6.07, 6.45) is 2.30. The summed E-state index contributed by atoms with van der Waals surface area (Å²) in [5, 5.41) is 0. The van der Waals surface area contributed by atoms with E-state index in [9.17, 15) is 8.42 Å². The largest absolute Gasteiger partial charge is 0.243 e. The summed E-state index contributed by atoms with van der Waals surface area (Å²) in [7, 11) is -1.67. The molecule has 1 saturated carbocycles. The number of alkyl halides is 1. The molecule has 3 nitrogen and oxygen atoms in total. The average Bonchev–Trinajstić information content (AvgIpc) is 2.99. The van der Waals surface area contributed by atoms with Crippen molar-refractivity contribution in [2.75, 3.05) is 13.6 Å². The molecule has 1 aromatic heterocycles. The van der Waals surface area contributed by atoms with Crippen LogP contribution in [0.2, 0.25) is 0 Å². The van der Waals surface area contributed by atoms with Crippen LogP contribution in [0.15, 0.2) is 11.0 Å². The van der Waals surface area contributed by atoms with E-state index < -0.39 is 10.0 Å². The fraction of sp³-hybridized carbons (Fsp3) is 0.636. The summed E-state index contributed by atoms with van der Waals surface area (Å²) >= 11 is 7.19. The van der Waals surface area contributed by atoms with Crippen LogP contribution in [0.1, 0.15) is 22.6 Å². The number of nitrogens with zero attached hydrogens (tertiary/aromatic N) is 1. The first-order chi connectivity index (χ1) is 7.95. The van der Waals surface area contributed by atoms with Gasteiger partial charge in [-0.15, -0.1) is 22.9 Å². The standard InChI is InChI=1S/C11H16ClNO2S2/c1-8-11(5-10(6-12)16-8)17(14,15)13(2)7-9-3-4-9/h5,9H,3-4,6-7H2,1-2H3. The predicted octanol–water partition coefficient (Wildman–Crippen LogP) is 2.83. The number of sulfonamides is 1. The van der Waals surface area contributed by atoms with Crippen LogP contribution in [0, 0.1) is 12.8 Å². The molecule has 0 N–H and O–H groups in total. The molecule has 0 bridgehead atoms. The smallest absolute Gasteiger partial charge is 0.207 e. The van der Waals surface area contributed by atoms with E-state index in [2.05, 4.69) is 0 Å². The van der Waals surface area contributed by atoms with Crippen molar-refractivity contribution >= 4 is 33.0 Å². The van der Waals surface area contributed by atoms with Gasteiger partial charge in [0, 0.05) is 23.3 Å². The van der Waals surface area contributed by atoms with Crippen LogP contribution in [0.5, 0.6) is 0 Å². The van der Waals surface area contributed by atoms with E-state index in [1.165, 1.54) is 15.6 Å². The zero-order chi connectivity index (χ0) is 12.6. The lowest BCUT2D eigenvalue weighted by atomic mass is 10.4. The van der Waals surface area contributed by atoms with Gasteiger partial charge in [0.25, 0.3) is 0 Å². The van der Waals surface area contributed by atoms with E-state index in [0.717, 1.165) is 22.6 Å². The van der Waals surface area contributed by atoms with E-state index in [1.54, 1.807) is 13.1 Å². The molecule has 1 aliphatic carbocycles. The lowest BCUT2D eigenvalue weighted by Crippen LogP contribution is -2.29. The summed E-state index contributed by atoms with van der Waals surface area (Å²) in [4.78, 5) is 2.15. The lowest BCUT2D eigenvalue weighted by molar-refractivity contribution is 0.453. The molecule has 2 rings (SSSR count). The molecule has 17 heavy (non-hydrogen) atoms. The fourth-order valence-electron chi connectivity index (χ4n) is 1.78. The van der Waals surface area contributed by atoms with Gasteiger partial charge in [0.15, 0.2) is 0 Å². The zero-order valence-corrected chi connectivity index (χ0v) is 12.3. The van der Waals surface area contributed by atoms with Gasteiger partial charge < -0.3 is 0 Å². The number of hydrogen-bond acceptors (Lipinski definition) is 3. The van der Waals surface area contributed by atoms with Crippen LogP contribution in [0.25, 0.3) is 0 Å². The van der Waals surface area contributed by atoms with Crippen molar-refractivity contribution in [2.45, 2.75) is 30.5 Å². The molecule has 0 aliphatic heterocycles. The molecule has 1 aromatic rings. The Bertz CT molecular complexity index is 506. The zero-order valence-electron chi connectivity index (χ0n) is 9.94. The summed E-state index contributed by atoms with van der Waals surface area (Å²) < 4.78 is 26.1. The quantitative estimate of drug-likeness (QED) is 0.783. The van der Waals surface area contributed by atoms with Crippen LogP contribution in [0.4, 0.5) is 0 Å². The maximum Gasteiger partial charge on any atom is 0.243 e. The number of rotatable bonds is 5. The van der Waals surface area contributed by atoms with Crippen molar-refractivity contribution < 1.29 is 8.42 Å². The molecule has 0 atom stereocenters. The van der Waals surface area contributed by atoms with Gasteiger partial charge in [-0.2, -0.15) is 0 Å². The summed E-state index contributed by atoms with van der Waals surface area (Å²) in [6.45, 7) is 2.46. The van der Waals surface area contributed by atoms with Crippen LogP contribution < -0.4 is 0 Å². The second kappa shape index (κ2) is 4.88. The highest BCUT2D eigenvalue weighted by molar-refractivity contribution is 7.89. The Kier molecular flexibility index (Phi) is 3.83. The number of hydrogen-bond donors (Lipinski definition) is 0. The Balaban J connectivity index is 2.25. The van der Waals surface area contributed by atoms with Gasteiger partial charge in [-0.05, 0) is 31.7 Å². The predicted molar refractivity (Wildman–Crippen MR) is 71.2 cm³/mol. The normalized spacial score (nSPS) is 16.7. The second-order valence-electron chi connectivity index (χ2n) is 4.50. The number of aryl methyl sites for hydroxylation is 1. The number of thiophene rings is 1. The maximum atomic E-state index is 12.3. The Morgan fingerprint density at radius 1 is 1.53 bits per heavy atom. The third-order valence-corrected chi connectivity index (χ3v) is 6.53. The molecule has 1 aliphatic rings. The molecule has 0 aromatic carbocycles. The second-order valence-corrected chi connectivity index (χ2v) is 8.12. The Morgan fingerprint density at radius 3 is 2.65 bits per heavy atom. The minimum Gasteiger partial charge on any atom is -0.207 e. The van der Waals surface area contributed by atoms with Gasteiger partial charge in [-0.25, -0.2) is 12.7 Å². The SMILES string of the molecule is Cc1sc(CCl)cc1S(=O)(=O)N(C)CC1CC1. The highest BCUT2D eigenvalue weighted by atomic mass is 35.5. The molecule has 0 radical (unpaired) electrons. The summed E-state index contributed by atoms with van der Waals surface area (Å²) in [5.74, 6) is 0.925. The minimum absolute atomic E-state index is 0.368. The topological polar surface area (TPSA) is 37.4 Å². The van der Waals surface area contributed by atoms with Crippen LogP contribution in [-0.2, 0) is 15.9 Å². The molecule has 0 unspecified atom stereocenters. The molecule has 0 saturated heterocycles. The molecule has 1 heterocycles. The van der Waals surface area contributed by atoms with E-state index in [0.29, 0.717) is 23.2 Å². The number of halogens is 1. The first kappa shape index (κ1) is 13.3. The van der Waals surface area contributed by atoms with Crippen molar-refractivity contribution in [2.24, 2.45) is 5.92 Å². The van der Waals surface area contributed by atoms with Gasteiger partial charge >= 0.3 is 0 Å². The molecular formula is C11H16ClNO2S2. The molecule has 6 heteroatoms. The van der Waals surface area contributed by atoms with E-state index in [4.69, 9.17) is 11.6 Å². The summed E-state index contributed by atoms with van der Waals surface area (Å²) in [6, 6.07) is 1.70. The van der Waals surface area contributed by atoms with E-state index in [-0.39, 0.29) is 0 Å². The highest BCUT2D eigenvalue weighted by Crippen LogP contribution is 2.33. The van der Waals surface area contributed by atoms with Crippen LogP contribution >= 0.6 is 22.9 Å². The first-order valence-electron chi connectivity index (χ1n) is 5.56. The van der Waals surface area contributed by atoms with Gasteiger partial charge in [0.2, 0.25) is 10.0 Å². The van der Waals surface area contributed by atoms with Crippen LogP contribution in [-0.4, -0.2) is 26.3 Å². The third kappa shape index (κ3) is 2.84. The van der Waals surface area contributed by atoms with Crippen molar-refractivity contribution in [3.63, 3.8) is 0 Å². The van der Waals surface area contributed by atoms with Crippen molar-refractivity contribution in [3.05, 3.63) is 15.8 Å². The maximum absolute atomic E-state index is 12.3. The highest BCUT2D eigenvalue weighted by Gasteiger charge is 2.30. The first-order valence-corrected chi connectivity index (χ1v) is 8.36. The monoisotopic (exact) mass is 293 g/mol. The Hall–Kier alpha value is -0.100. The molecule has 0 amide bonds. The molecular weight excluding hydrogens is 278 g/mol. The van der Waals surface area contributed by atoms with Gasteiger partial charge in [-0.1, -0.05) is 0 Å². The van der Waals surface area contributed by atoms with Crippen molar-refractivity contribution in [3.8, 4) is 0 Å². The van der Waals surface area contributed by atoms with E-state index >= 15 is 0 Å². The molecule has 1 fully saturated rings. The Labute approximate surface area is 111 Å². The van der Waals surface area contributed by atoms with Crippen molar-refractivity contribution in [1.29, 1.82) is 0 Å². The van der Waals surface area contributed by atoms with Crippen LogP contribution in [0.3, 0.4) is 0 Å². The van der Waals surface area contributed by atoms with Gasteiger partial charge in [0.1, 0.15) is 0 Å². The van der Waals surface area contributed by atoms with Gasteiger partial charge in [0.05, 0.1) is 10.8 Å². The average molecular weight is 294 g/mol. The van der Waals surface area contributed by atoms with Crippen molar-refractivity contribution in [1.82, 2.24) is 4.31 Å². The Morgan fingerprint density at radius 2 is 2.18 bits per heavy atom. The van der Waals surface area contributed by atoms with E-state index in [1.807, 2.05) is 6.92 Å².